The molecule has 3 rings (SSSR count). The lowest BCUT2D eigenvalue weighted by atomic mass is 10.2. The average molecular weight is 367 g/mol. The highest BCUT2D eigenvalue weighted by Crippen LogP contribution is 2.23. The van der Waals surface area contributed by atoms with Crippen molar-refractivity contribution in [2.75, 3.05) is 17.2 Å². The molecule has 1 amide bonds. The molecule has 0 bridgehead atoms. The van der Waals surface area contributed by atoms with Crippen molar-refractivity contribution >= 4 is 28.9 Å². The topological polar surface area (TPSA) is 50.4 Å². The van der Waals surface area contributed by atoms with E-state index in [1.807, 2.05) is 78.9 Å². The van der Waals surface area contributed by atoms with Gasteiger partial charge in [0, 0.05) is 18.7 Å². The number of carbonyl (C=O) groups excluding carboxylic acids is 1. The lowest BCUT2D eigenvalue weighted by molar-refractivity contribution is -0.115. The van der Waals surface area contributed by atoms with Gasteiger partial charge in [0.15, 0.2) is 0 Å². The van der Waals surface area contributed by atoms with Crippen LogP contribution in [0.15, 0.2) is 78.9 Å². The van der Waals surface area contributed by atoms with Crippen LogP contribution in [0.4, 0.5) is 11.4 Å². The summed E-state index contributed by atoms with van der Waals surface area (Å²) in [6, 6.07) is 24.3. The molecule has 2 N–H and O–H groups in total. The van der Waals surface area contributed by atoms with Crippen LogP contribution in [0.25, 0.3) is 0 Å². The predicted molar refractivity (Wildman–Crippen MR) is 106 cm³/mol. The maximum absolute atomic E-state index is 12.0. The largest absolute Gasteiger partial charge is 0.457 e. The lowest BCUT2D eigenvalue weighted by Gasteiger charge is -2.10. The first-order valence-corrected chi connectivity index (χ1v) is 8.70. The molecule has 132 valence electrons. The summed E-state index contributed by atoms with van der Waals surface area (Å²) in [6.45, 7) is 0.505. The number of carbonyl (C=O) groups is 1. The number of hydrogen-bond acceptors (Lipinski definition) is 3. The summed E-state index contributed by atoms with van der Waals surface area (Å²) >= 11 is 6.07. The van der Waals surface area contributed by atoms with Gasteiger partial charge in [-0.2, -0.15) is 0 Å². The van der Waals surface area contributed by atoms with Gasteiger partial charge in [0.25, 0.3) is 0 Å². The molecule has 0 aliphatic heterocycles. The maximum Gasteiger partial charge on any atom is 0.226 e. The number of benzene rings is 3. The molecule has 0 saturated carbocycles. The third kappa shape index (κ3) is 5.26. The lowest BCUT2D eigenvalue weighted by Crippen LogP contribution is -2.16. The Labute approximate surface area is 157 Å². The smallest absolute Gasteiger partial charge is 0.226 e. The standard InChI is InChI=1S/C21H19ClN2O2/c22-19-8-4-5-9-20(19)23-15-14-21(25)24-16-10-12-18(13-11-16)26-17-6-2-1-3-7-17/h1-13,23H,14-15H2,(H,24,25). The summed E-state index contributed by atoms with van der Waals surface area (Å²) in [5.74, 6) is 1.42. The molecule has 0 fully saturated rings. The van der Waals surface area contributed by atoms with Crippen molar-refractivity contribution in [3.8, 4) is 11.5 Å². The van der Waals surface area contributed by atoms with Crippen molar-refractivity contribution < 1.29 is 9.53 Å². The first-order valence-electron chi connectivity index (χ1n) is 8.32. The van der Waals surface area contributed by atoms with Crippen LogP contribution < -0.4 is 15.4 Å². The summed E-state index contributed by atoms with van der Waals surface area (Å²) in [5, 5.41) is 6.66. The molecule has 0 saturated heterocycles. The van der Waals surface area contributed by atoms with Gasteiger partial charge < -0.3 is 15.4 Å². The molecule has 3 aromatic rings. The Morgan fingerprint density at radius 2 is 1.50 bits per heavy atom. The van der Waals surface area contributed by atoms with Gasteiger partial charge >= 0.3 is 0 Å². The quantitative estimate of drug-likeness (QED) is 0.574. The fourth-order valence-electron chi connectivity index (χ4n) is 2.37. The summed E-state index contributed by atoms with van der Waals surface area (Å²) in [4.78, 5) is 12.0. The van der Waals surface area contributed by atoms with Crippen LogP contribution in [0.5, 0.6) is 11.5 Å². The van der Waals surface area contributed by atoms with Crippen molar-refractivity contribution in [2.24, 2.45) is 0 Å². The van der Waals surface area contributed by atoms with Crippen molar-refractivity contribution in [1.29, 1.82) is 0 Å². The SMILES string of the molecule is O=C(CCNc1ccccc1Cl)Nc1ccc(Oc2ccccc2)cc1. The van der Waals surface area contributed by atoms with Gasteiger partial charge in [-0.15, -0.1) is 0 Å². The van der Waals surface area contributed by atoms with E-state index >= 15 is 0 Å². The van der Waals surface area contributed by atoms with Crippen molar-refractivity contribution in [2.45, 2.75) is 6.42 Å². The van der Waals surface area contributed by atoms with E-state index < -0.39 is 0 Å². The summed E-state index contributed by atoms with van der Waals surface area (Å²) < 4.78 is 5.73. The van der Waals surface area contributed by atoms with E-state index in [1.165, 1.54) is 0 Å². The number of ether oxygens (including phenoxy) is 1. The van der Waals surface area contributed by atoms with Gasteiger partial charge in [-0.1, -0.05) is 41.9 Å². The molecule has 3 aromatic carbocycles. The molecule has 4 nitrogen and oxygen atoms in total. The first-order chi connectivity index (χ1) is 12.7. The van der Waals surface area contributed by atoms with Crippen LogP contribution in [-0.2, 0) is 4.79 Å². The zero-order chi connectivity index (χ0) is 18.2. The number of anilines is 2. The number of halogens is 1. The molecule has 0 heterocycles. The first kappa shape index (κ1) is 17.8. The van der Waals surface area contributed by atoms with E-state index in [0.29, 0.717) is 18.0 Å². The highest BCUT2D eigenvalue weighted by molar-refractivity contribution is 6.33. The second-order valence-corrected chi connectivity index (χ2v) is 6.05. The summed E-state index contributed by atoms with van der Waals surface area (Å²) in [6.07, 6.45) is 0.341. The van der Waals surface area contributed by atoms with Crippen molar-refractivity contribution in [3.63, 3.8) is 0 Å². The molecule has 0 spiro atoms. The number of para-hydroxylation sites is 2. The molecular weight excluding hydrogens is 348 g/mol. The Morgan fingerprint density at radius 3 is 2.23 bits per heavy atom. The number of amides is 1. The molecule has 0 radical (unpaired) electrons. The fourth-order valence-corrected chi connectivity index (χ4v) is 2.57. The van der Waals surface area contributed by atoms with E-state index in [0.717, 1.165) is 22.9 Å². The van der Waals surface area contributed by atoms with Crippen LogP contribution in [0.2, 0.25) is 5.02 Å². The molecule has 26 heavy (non-hydrogen) atoms. The molecule has 0 aliphatic rings. The Hall–Kier alpha value is -2.98. The molecule has 0 aliphatic carbocycles. The Kier molecular flexibility index (Phi) is 6.12. The minimum absolute atomic E-state index is 0.0683. The molecule has 0 unspecified atom stereocenters. The molecule has 0 atom stereocenters. The normalized spacial score (nSPS) is 10.2. The highest BCUT2D eigenvalue weighted by Gasteiger charge is 2.04. The van der Waals surface area contributed by atoms with Gasteiger partial charge in [0.1, 0.15) is 11.5 Å². The average Bonchev–Trinajstić information content (AvgIpc) is 2.66. The van der Waals surface area contributed by atoms with Crippen molar-refractivity contribution in [3.05, 3.63) is 83.9 Å². The zero-order valence-electron chi connectivity index (χ0n) is 14.1. The highest BCUT2D eigenvalue weighted by atomic mass is 35.5. The zero-order valence-corrected chi connectivity index (χ0v) is 14.9. The van der Waals surface area contributed by atoms with Crippen LogP contribution >= 0.6 is 11.6 Å². The van der Waals surface area contributed by atoms with Gasteiger partial charge in [0.05, 0.1) is 10.7 Å². The van der Waals surface area contributed by atoms with Crippen molar-refractivity contribution in [1.82, 2.24) is 0 Å². The van der Waals surface area contributed by atoms with E-state index in [9.17, 15) is 4.79 Å². The summed E-state index contributed by atoms with van der Waals surface area (Å²) in [5.41, 5.74) is 1.55. The van der Waals surface area contributed by atoms with Gasteiger partial charge in [-0.3, -0.25) is 4.79 Å². The van der Waals surface area contributed by atoms with Gasteiger partial charge in [-0.05, 0) is 48.5 Å². The Morgan fingerprint density at radius 1 is 0.846 bits per heavy atom. The fraction of sp³-hybridized carbons (Fsp3) is 0.0952. The number of hydrogen-bond donors (Lipinski definition) is 2. The van der Waals surface area contributed by atoms with E-state index in [4.69, 9.17) is 16.3 Å². The third-order valence-electron chi connectivity index (χ3n) is 3.66. The number of rotatable bonds is 7. The van der Waals surface area contributed by atoms with E-state index in [1.54, 1.807) is 0 Å². The van der Waals surface area contributed by atoms with Crippen LogP contribution in [-0.4, -0.2) is 12.5 Å². The predicted octanol–water partition coefficient (Wildman–Crippen LogP) is 5.57. The Balaban J connectivity index is 1.46. The summed E-state index contributed by atoms with van der Waals surface area (Å²) in [7, 11) is 0. The second-order valence-electron chi connectivity index (χ2n) is 5.64. The van der Waals surface area contributed by atoms with Crippen LogP contribution in [0.3, 0.4) is 0 Å². The minimum Gasteiger partial charge on any atom is -0.457 e. The number of nitrogens with one attached hydrogen (secondary N) is 2. The van der Waals surface area contributed by atoms with E-state index in [-0.39, 0.29) is 5.91 Å². The van der Waals surface area contributed by atoms with Crippen LogP contribution in [0.1, 0.15) is 6.42 Å². The molecule has 5 heteroatoms. The van der Waals surface area contributed by atoms with Gasteiger partial charge in [-0.25, -0.2) is 0 Å². The third-order valence-corrected chi connectivity index (χ3v) is 3.99. The molecular formula is C21H19ClN2O2. The maximum atomic E-state index is 12.0. The monoisotopic (exact) mass is 366 g/mol. The second kappa shape index (κ2) is 8.92. The van der Waals surface area contributed by atoms with Gasteiger partial charge in [0.2, 0.25) is 5.91 Å². The minimum atomic E-state index is -0.0683. The van der Waals surface area contributed by atoms with Crippen LogP contribution in [0, 0.1) is 0 Å². The van der Waals surface area contributed by atoms with E-state index in [2.05, 4.69) is 10.6 Å². The Bertz CT molecular complexity index is 851. The molecule has 0 aromatic heterocycles.